The van der Waals surface area contributed by atoms with E-state index < -0.39 is 0 Å². The van der Waals surface area contributed by atoms with E-state index in [0.29, 0.717) is 5.92 Å². The number of nitrogens with one attached hydrogen (secondary N) is 2. The first-order chi connectivity index (χ1) is 14.6. The van der Waals surface area contributed by atoms with Crippen molar-refractivity contribution in [2.75, 3.05) is 30.7 Å². The first kappa shape index (κ1) is 19.7. The molecule has 1 aromatic heterocycles. The molecule has 30 heavy (non-hydrogen) atoms. The number of H-pyrrole nitrogens is 1. The Morgan fingerprint density at radius 3 is 3.00 bits per heavy atom. The highest BCUT2D eigenvalue weighted by Gasteiger charge is 2.26. The molecule has 0 fully saturated rings. The molecule has 0 radical (unpaired) electrons. The molecular formula is C24H24ClN3OS. The number of rotatable bonds is 4. The highest BCUT2D eigenvalue weighted by molar-refractivity contribution is 7.99. The summed E-state index contributed by atoms with van der Waals surface area (Å²) in [6.07, 6.45) is 5.51. The smallest absolute Gasteiger partial charge is 0.221 e. The lowest BCUT2D eigenvalue weighted by atomic mass is 9.96. The number of carbonyl (C=O) groups is 1. The number of nitrogens with zero attached hydrogens (tertiary/aromatic N) is 1. The predicted octanol–water partition coefficient (Wildman–Crippen LogP) is 5.76. The van der Waals surface area contributed by atoms with Crippen LogP contribution in [0.2, 0.25) is 5.02 Å². The number of anilines is 1. The summed E-state index contributed by atoms with van der Waals surface area (Å²) in [5, 5.41) is 4.89. The SMILES string of the molecule is CC(=O)Nc1ccc2c(c1)C(CN1CC=C(c3c[nH]c4ccc(Cl)cc34)CC1)CS2. The van der Waals surface area contributed by atoms with Gasteiger partial charge in [-0.25, -0.2) is 0 Å². The molecule has 2 N–H and O–H groups in total. The van der Waals surface area contributed by atoms with Crippen LogP contribution in [0.25, 0.3) is 16.5 Å². The van der Waals surface area contributed by atoms with Crippen LogP contribution in [-0.2, 0) is 4.79 Å². The molecular weight excluding hydrogens is 414 g/mol. The van der Waals surface area contributed by atoms with Crippen molar-refractivity contribution in [1.82, 2.24) is 9.88 Å². The van der Waals surface area contributed by atoms with Crippen LogP contribution < -0.4 is 5.32 Å². The maximum absolute atomic E-state index is 11.4. The Morgan fingerprint density at radius 1 is 1.30 bits per heavy atom. The molecule has 0 saturated heterocycles. The Morgan fingerprint density at radius 2 is 2.20 bits per heavy atom. The molecule has 0 bridgehead atoms. The number of amides is 1. The Balaban J connectivity index is 1.29. The number of thioether (sulfide) groups is 1. The minimum Gasteiger partial charge on any atom is -0.361 e. The van der Waals surface area contributed by atoms with Crippen LogP contribution in [-0.4, -0.2) is 41.2 Å². The van der Waals surface area contributed by atoms with Crippen molar-refractivity contribution in [3.63, 3.8) is 0 Å². The third-order valence-electron chi connectivity index (χ3n) is 5.97. The number of aromatic amines is 1. The van der Waals surface area contributed by atoms with Gasteiger partial charge < -0.3 is 10.3 Å². The lowest BCUT2D eigenvalue weighted by Gasteiger charge is -2.29. The molecule has 2 aliphatic heterocycles. The molecule has 1 atom stereocenters. The summed E-state index contributed by atoms with van der Waals surface area (Å²) in [4.78, 5) is 18.7. The van der Waals surface area contributed by atoms with Gasteiger partial charge in [-0.05, 0) is 54.0 Å². The lowest BCUT2D eigenvalue weighted by molar-refractivity contribution is -0.114. The zero-order valence-corrected chi connectivity index (χ0v) is 18.4. The van der Waals surface area contributed by atoms with Gasteiger partial charge in [0.05, 0.1) is 0 Å². The number of halogens is 1. The molecule has 3 heterocycles. The van der Waals surface area contributed by atoms with Crippen LogP contribution in [0.4, 0.5) is 5.69 Å². The van der Waals surface area contributed by atoms with Gasteiger partial charge in [0.15, 0.2) is 0 Å². The lowest BCUT2D eigenvalue weighted by Crippen LogP contribution is -2.32. The first-order valence-electron chi connectivity index (χ1n) is 10.3. The zero-order valence-electron chi connectivity index (χ0n) is 16.9. The van der Waals surface area contributed by atoms with Crippen molar-refractivity contribution in [2.24, 2.45) is 0 Å². The topological polar surface area (TPSA) is 48.1 Å². The molecule has 1 unspecified atom stereocenters. The predicted molar refractivity (Wildman–Crippen MR) is 127 cm³/mol. The van der Waals surface area contributed by atoms with E-state index >= 15 is 0 Å². The fourth-order valence-electron chi connectivity index (χ4n) is 4.50. The summed E-state index contributed by atoms with van der Waals surface area (Å²) in [5.74, 6) is 1.58. The highest BCUT2D eigenvalue weighted by atomic mass is 35.5. The van der Waals surface area contributed by atoms with Crippen LogP contribution in [0, 0.1) is 0 Å². The van der Waals surface area contributed by atoms with Gasteiger partial charge in [-0.2, -0.15) is 0 Å². The fourth-order valence-corrected chi connectivity index (χ4v) is 5.90. The maximum atomic E-state index is 11.4. The van der Waals surface area contributed by atoms with E-state index in [2.05, 4.69) is 45.7 Å². The first-order valence-corrected chi connectivity index (χ1v) is 11.7. The molecule has 4 nitrogen and oxygen atoms in total. The number of benzene rings is 2. The van der Waals surface area contributed by atoms with Gasteiger partial charge in [0.2, 0.25) is 5.91 Å². The molecule has 6 heteroatoms. The Bertz CT molecular complexity index is 1150. The Hall–Kier alpha value is -2.21. The summed E-state index contributed by atoms with van der Waals surface area (Å²) in [6, 6.07) is 12.3. The van der Waals surface area contributed by atoms with E-state index in [9.17, 15) is 4.79 Å². The van der Waals surface area contributed by atoms with Crippen molar-refractivity contribution in [3.05, 3.63) is 64.8 Å². The number of fused-ring (bicyclic) bond motifs is 2. The van der Waals surface area contributed by atoms with E-state index in [0.717, 1.165) is 48.0 Å². The van der Waals surface area contributed by atoms with Gasteiger partial charge in [-0.3, -0.25) is 9.69 Å². The van der Waals surface area contributed by atoms with Gasteiger partial charge in [-0.15, -0.1) is 11.8 Å². The van der Waals surface area contributed by atoms with Gasteiger partial charge in [0.1, 0.15) is 0 Å². The van der Waals surface area contributed by atoms with Gasteiger partial charge in [0, 0.05) is 76.5 Å². The van der Waals surface area contributed by atoms with Gasteiger partial charge in [-0.1, -0.05) is 17.7 Å². The van der Waals surface area contributed by atoms with Crippen molar-refractivity contribution in [2.45, 2.75) is 24.2 Å². The minimum atomic E-state index is -0.0237. The largest absolute Gasteiger partial charge is 0.361 e. The van der Waals surface area contributed by atoms with E-state index in [1.165, 1.54) is 27.0 Å². The van der Waals surface area contributed by atoms with E-state index in [1.54, 1.807) is 6.92 Å². The Kier molecular flexibility index (Phi) is 5.35. The zero-order chi connectivity index (χ0) is 20.7. The molecule has 154 valence electrons. The number of hydrogen-bond acceptors (Lipinski definition) is 3. The van der Waals surface area contributed by atoms with E-state index in [4.69, 9.17) is 11.6 Å². The third kappa shape index (κ3) is 3.89. The van der Waals surface area contributed by atoms with Crippen molar-refractivity contribution >= 4 is 51.4 Å². The number of hydrogen-bond donors (Lipinski definition) is 2. The summed E-state index contributed by atoms with van der Waals surface area (Å²) in [6.45, 7) is 4.62. The standard InChI is InChI=1S/C24H24ClN3OS/c1-15(29)27-19-3-5-24-20(11-19)17(14-30-24)13-28-8-6-16(7-9-28)22-12-26-23-4-2-18(25)10-21(22)23/h2-6,10-12,17,26H,7-9,13-14H2,1H3,(H,27,29). The summed E-state index contributed by atoms with van der Waals surface area (Å²) < 4.78 is 0. The summed E-state index contributed by atoms with van der Waals surface area (Å²) in [5.41, 5.74) is 6.06. The van der Waals surface area contributed by atoms with Crippen molar-refractivity contribution < 1.29 is 4.79 Å². The van der Waals surface area contributed by atoms with E-state index in [1.807, 2.05) is 30.0 Å². The van der Waals surface area contributed by atoms with Crippen molar-refractivity contribution in [1.29, 1.82) is 0 Å². The van der Waals surface area contributed by atoms with Gasteiger partial charge in [0.25, 0.3) is 0 Å². The van der Waals surface area contributed by atoms with Gasteiger partial charge >= 0.3 is 0 Å². The normalized spacial score (nSPS) is 19.0. The average molecular weight is 438 g/mol. The minimum absolute atomic E-state index is 0.0237. The monoisotopic (exact) mass is 437 g/mol. The van der Waals surface area contributed by atoms with Crippen LogP contribution in [0.5, 0.6) is 0 Å². The number of aromatic nitrogens is 1. The molecule has 1 amide bonds. The second kappa shape index (κ2) is 8.14. The molecule has 2 aliphatic rings. The van der Waals surface area contributed by atoms with E-state index in [-0.39, 0.29) is 5.91 Å². The quantitative estimate of drug-likeness (QED) is 0.545. The number of carbonyl (C=O) groups excluding carboxylic acids is 1. The highest BCUT2D eigenvalue weighted by Crippen LogP contribution is 2.41. The second-order valence-electron chi connectivity index (χ2n) is 8.07. The van der Waals surface area contributed by atoms with Crippen LogP contribution in [0.15, 0.2) is 53.6 Å². The van der Waals surface area contributed by atoms with Crippen LogP contribution in [0.1, 0.15) is 30.4 Å². The van der Waals surface area contributed by atoms with Crippen molar-refractivity contribution in [3.8, 4) is 0 Å². The summed E-state index contributed by atoms with van der Waals surface area (Å²) >= 11 is 8.14. The molecule has 0 aliphatic carbocycles. The van der Waals surface area contributed by atoms with Crippen LogP contribution in [0.3, 0.4) is 0 Å². The van der Waals surface area contributed by atoms with Crippen LogP contribution >= 0.6 is 23.4 Å². The fraction of sp³-hybridized carbons (Fsp3) is 0.292. The maximum Gasteiger partial charge on any atom is 0.221 e. The third-order valence-corrected chi connectivity index (χ3v) is 7.46. The average Bonchev–Trinajstić information content (AvgIpc) is 3.32. The molecule has 0 saturated carbocycles. The molecule has 0 spiro atoms. The summed E-state index contributed by atoms with van der Waals surface area (Å²) in [7, 11) is 0. The molecule has 3 aromatic rings. The Labute approximate surface area is 185 Å². The molecule has 2 aromatic carbocycles. The molecule has 5 rings (SSSR count). The second-order valence-corrected chi connectivity index (χ2v) is 9.57.